The van der Waals surface area contributed by atoms with Crippen LogP contribution in [0.5, 0.6) is 0 Å². The first-order valence-electron chi connectivity index (χ1n) is 9.27. The van der Waals surface area contributed by atoms with Crippen molar-refractivity contribution in [3.05, 3.63) is 80.9 Å². The van der Waals surface area contributed by atoms with E-state index in [1.807, 2.05) is 10.3 Å². The van der Waals surface area contributed by atoms with Crippen LogP contribution < -0.4 is 0 Å². The van der Waals surface area contributed by atoms with E-state index >= 15 is 0 Å². The van der Waals surface area contributed by atoms with E-state index in [4.69, 9.17) is 10.4 Å². The van der Waals surface area contributed by atoms with Crippen LogP contribution >= 0.6 is 11.3 Å². The number of thiazole rings is 1. The highest BCUT2D eigenvalue weighted by Gasteiger charge is 2.30. The van der Waals surface area contributed by atoms with Crippen LogP contribution in [-0.2, 0) is 6.54 Å². The summed E-state index contributed by atoms with van der Waals surface area (Å²) in [7, 11) is 0. The fourth-order valence-corrected chi connectivity index (χ4v) is 4.22. The maximum atomic E-state index is 10.5. The number of rotatable bonds is 4. The van der Waals surface area contributed by atoms with Crippen LogP contribution in [0.3, 0.4) is 0 Å². The first-order valence-corrected chi connectivity index (χ1v) is 10.2. The third-order valence-corrected chi connectivity index (χ3v) is 6.06. The average molecular weight is 390 g/mol. The molecule has 0 aliphatic carbocycles. The Kier molecular flexibility index (Phi) is 4.77. The minimum Gasteiger partial charge on any atom is -0.510 e. The van der Waals surface area contributed by atoms with Crippen LogP contribution in [0.2, 0.25) is 0 Å². The highest BCUT2D eigenvalue weighted by molar-refractivity contribution is 7.11. The number of nitrogens with zero attached hydrogens (tertiary/aromatic N) is 2. The van der Waals surface area contributed by atoms with Gasteiger partial charge in [0.05, 0.1) is 17.8 Å². The van der Waals surface area contributed by atoms with E-state index in [2.05, 4.69) is 63.2 Å². The highest BCUT2D eigenvalue weighted by Crippen LogP contribution is 2.33. The summed E-state index contributed by atoms with van der Waals surface area (Å²) < 4.78 is 0. The van der Waals surface area contributed by atoms with E-state index in [9.17, 15) is 5.11 Å². The molecule has 4 rings (SSSR count). The normalized spacial score (nSPS) is 14.2. The fraction of sp³-hybridized carbons (Fsp3) is 0.217. The van der Waals surface area contributed by atoms with Gasteiger partial charge in [-0.25, -0.2) is 4.98 Å². The predicted molar refractivity (Wildman–Crippen MR) is 116 cm³/mol. The number of hydrogen-bond acceptors (Lipinski definition) is 4. The number of aliphatic hydroxyl groups excluding tert-OH is 1. The number of nitrogens with one attached hydrogen (secondary N) is 1. The molecule has 5 heteroatoms. The van der Waals surface area contributed by atoms with Crippen molar-refractivity contribution in [1.29, 1.82) is 5.41 Å². The standard InChI is InChI=1S/C23H23N3OS/c1-14-4-7-17(8-5-14)11-26-12-20(27)21(22(26)24)23-25-19(13-28-23)18-9-6-15(2)16(3)10-18/h4-10,13,24,27H,11-12H2,1-3H3. The Morgan fingerprint density at radius 3 is 2.54 bits per heavy atom. The molecule has 0 unspecified atom stereocenters. The maximum Gasteiger partial charge on any atom is 0.135 e. The molecule has 142 valence electrons. The Morgan fingerprint density at radius 2 is 1.82 bits per heavy atom. The summed E-state index contributed by atoms with van der Waals surface area (Å²) in [5.74, 6) is 0.553. The summed E-state index contributed by atoms with van der Waals surface area (Å²) in [6.07, 6.45) is 0. The molecule has 3 aromatic rings. The van der Waals surface area contributed by atoms with Gasteiger partial charge in [0.25, 0.3) is 0 Å². The molecule has 2 aromatic carbocycles. The quantitative estimate of drug-likeness (QED) is 0.619. The number of aliphatic hydroxyl groups is 1. The van der Waals surface area contributed by atoms with Crippen molar-refractivity contribution < 1.29 is 5.11 Å². The first kappa shape index (κ1) is 18.4. The van der Waals surface area contributed by atoms with Crippen molar-refractivity contribution in [2.45, 2.75) is 27.3 Å². The van der Waals surface area contributed by atoms with E-state index in [-0.39, 0.29) is 5.76 Å². The largest absolute Gasteiger partial charge is 0.510 e. The molecule has 4 nitrogen and oxygen atoms in total. The molecule has 1 aliphatic heterocycles. The molecular weight excluding hydrogens is 366 g/mol. The molecule has 2 N–H and O–H groups in total. The Bertz CT molecular complexity index is 1080. The highest BCUT2D eigenvalue weighted by atomic mass is 32.1. The number of hydrogen-bond donors (Lipinski definition) is 2. The zero-order valence-electron chi connectivity index (χ0n) is 16.3. The molecule has 0 amide bonds. The summed E-state index contributed by atoms with van der Waals surface area (Å²) in [6.45, 7) is 7.19. The van der Waals surface area contributed by atoms with Crippen molar-refractivity contribution in [1.82, 2.24) is 9.88 Å². The Morgan fingerprint density at radius 1 is 1.07 bits per heavy atom. The fourth-order valence-electron chi connectivity index (χ4n) is 3.33. The zero-order chi connectivity index (χ0) is 19.8. The van der Waals surface area contributed by atoms with Crippen LogP contribution in [0, 0.1) is 26.2 Å². The molecule has 0 spiro atoms. The number of benzene rings is 2. The molecule has 0 saturated heterocycles. The summed E-state index contributed by atoms with van der Waals surface area (Å²) >= 11 is 1.47. The average Bonchev–Trinajstić information content (AvgIpc) is 3.24. The second kappa shape index (κ2) is 7.24. The van der Waals surface area contributed by atoms with Gasteiger partial charge in [0.1, 0.15) is 16.6 Å². The lowest BCUT2D eigenvalue weighted by atomic mass is 10.1. The lowest BCUT2D eigenvalue weighted by Gasteiger charge is -2.18. The first-order chi connectivity index (χ1) is 13.4. The van der Waals surface area contributed by atoms with Gasteiger partial charge in [-0.1, -0.05) is 42.0 Å². The molecule has 0 radical (unpaired) electrons. The third kappa shape index (κ3) is 3.45. The summed E-state index contributed by atoms with van der Waals surface area (Å²) in [6, 6.07) is 14.6. The van der Waals surface area contributed by atoms with Gasteiger partial charge in [-0.3, -0.25) is 5.41 Å². The van der Waals surface area contributed by atoms with Gasteiger partial charge in [0, 0.05) is 17.5 Å². The summed E-state index contributed by atoms with van der Waals surface area (Å²) in [5.41, 5.74) is 7.31. The number of amidine groups is 1. The van der Waals surface area contributed by atoms with Gasteiger partial charge in [-0.15, -0.1) is 11.3 Å². The van der Waals surface area contributed by atoms with Crippen molar-refractivity contribution in [3.63, 3.8) is 0 Å². The predicted octanol–water partition coefficient (Wildman–Crippen LogP) is 5.50. The lowest BCUT2D eigenvalue weighted by Crippen LogP contribution is -2.26. The van der Waals surface area contributed by atoms with Crippen molar-refractivity contribution in [2.24, 2.45) is 0 Å². The summed E-state index contributed by atoms with van der Waals surface area (Å²) in [5, 5.41) is 21.8. The van der Waals surface area contributed by atoms with Gasteiger partial charge < -0.3 is 10.0 Å². The molecule has 0 saturated carbocycles. The SMILES string of the molecule is Cc1ccc(CN2CC(O)=C(c3nc(-c4ccc(C)c(C)c4)cs3)C2=N)cc1. The lowest BCUT2D eigenvalue weighted by molar-refractivity contribution is 0.347. The second-order valence-corrected chi connectivity index (χ2v) is 8.21. The van der Waals surface area contributed by atoms with Gasteiger partial charge in [-0.05, 0) is 43.5 Å². The Labute approximate surface area is 169 Å². The van der Waals surface area contributed by atoms with Gasteiger partial charge in [0.15, 0.2) is 0 Å². The molecule has 0 bridgehead atoms. The van der Waals surface area contributed by atoms with E-state index < -0.39 is 0 Å². The van der Waals surface area contributed by atoms with Gasteiger partial charge >= 0.3 is 0 Å². The maximum absolute atomic E-state index is 10.5. The minimum atomic E-state index is 0.220. The van der Waals surface area contributed by atoms with E-state index in [1.54, 1.807) is 0 Å². The molecular formula is C23H23N3OS. The molecule has 0 fully saturated rings. The van der Waals surface area contributed by atoms with Crippen LogP contribution in [0.25, 0.3) is 16.8 Å². The van der Waals surface area contributed by atoms with Crippen LogP contribution in [0.4, 0.5) is 0 Å². The van der Waals surface area contributed by atoms with E-state index in [0.717, 1.165) is 16.8 Å². The van der Waals surface area contributed by atoms with Gasteiger partial charge in [0.2, 0.25) is 0 Å². The smallest absolute Gasteiger partial charge is 0.135 e. The zero-order valence-corrected chi connectivity index (χ0v) is 17.1. The van der Waals surface area contributed by atoms with Crippen LogP contribution in [0.1, 0.15) is 27.3 Å². The van der Waals surface area contributed by atoms with E-state index in [0.29, 0.717) is 29.5 Å². The minimum absolute atomic E-state index is 0.220. The van der Waals surface area contributed by atoms with Crippen LogP contribution in [0.15, 0.2) is 53.6 Å². The van der Waals surface area contributed by atoms with Crippen molar-refractivity contribution in [3.8, 4) is 11.3 Å². The molecule has 2 heterocycles. The van der Waals surface area contributed by atoms with Crippen molar-refractivity contribution in [2.75, 3.05) is 6.54 Å². The van der Waals surface area contributed by atoms with Crippen molar-refractivity contribution >= 4 is 22.7 Å². The molecule has 0 atom stereocenters. The molecule has 1 aliphatic rings. The number of aryl methyl sites for hydroxylation is 3. The number of aromatic nitrogens is 1. The monoisotopic (exact) mass is 389 g/mol. The van der Waals surface area contributed by atoms with Gasteiger partial charge in [-0.2, -0.15) is 0 Å². The third-order valence-electron chi connectivity index (χ3n) is 5.20. The topological polar surface area (TPSA) is 60.2 Å². The van der Waals surface area contributed by atoms with Crippen LogP contribution in [-0.4, -0.2) is 27.4 Å². The Balaban J connectivity index is 1.56. The van der Waals surface area contributed by atoms with E-state index in [1.165, 1.54) is 28.0 Å². The summed E-state index contributed by atoms with van der Waals surface area (Å²) in [4.78, 5) is 6.60. The second-order valence-electron chi connectivity index (χ2n) is 7.35. The molecule has 28 heavy (non-hydrogen) atoms. The molecule has 1 aromatic heterocycles. The Hall–Kier alpha value is -2.92.